The zero-order valence-electron chi connectivity index (χ0n) is 11.8. The molecular weight excluding hydrogens is 272 g/mol. The van der Waals surface area contributed by atoms with Crippen molar-refractivity contribution in [2.75, 3.05) is 6.61 Å². The molecule has 0 spiro atoms. The predicted octanol–water partition coefficient (Wildman–Crippen LogP) is 3.35. The van der Waals surface area contributed by atoms with E-state index in [9.17, 15) is 4.79 Å². The summed E-state index contributed by atoms with van der Waals surface area (Å²) < 4.78 is 5.47. The Hall–Kier alpha value is -1.88. The van der Waals surface area contributed by atoms with Crippen LogP contribution >= 0.6 is 11.3 Å². The lowest BCUT2D eigenvalue weighted by atomic mass is 10.2. The number of aromatic nitrogens is 1. The number of carbonyl (C=O) groups excluding carboxylic acids is 1. The Balaban J connectivity index is 2.20. The molecule has 0 radical (unpaired) electrons. The average Bonchev–Trinajstić information content (AvgIpc) is 2.88. The molecule has 1 N–H and O–H groups in total. The third-order valence-electron chi connectivity index (χ3n) is 2.55. The third-order valence-corrected chi connectivity index (χ3v) is 3.44. The van der Waals surface area contributed by atoms with E-state index in [0.717, 1.165) is 16.3 Å². The SMILES string of the molecule is CCOc1cccc(-c2nc(C(=O)NC(C)C)cs2)c1. The van der Waals surface area contributed by atoms with Crippen molar-refractivity contribution in [1.29, 1.82) is 0 Å². The Bertz CT molecular complexity index is 593. The second-order valence-corrected chi connectivity index (χ2v) is 5.49. The number of carbonyl (C=O) groups is 1. The summed E-state index contributed by atoms with van der Waals surface area (Å²) >= 11 is 1.46. The lowest BCUT2D eigenvalue weighted by Gasteiger charge is -2.05. The number of benzene rings is 1. The number of hydrogen-bond donors (Lipinski definition) is 1. The number of ether oxygens (including phenoxy) is 1. The molecule has 1 aromatic carbocycles. The van der Waals surface area contributed by atoms with Gasteiger partial charge in [0.25, 0.3) is 5.91 Å². The zero-order chi connectivity index (χ0) is 14.5. The molecule has 4 nitrogen and oxygen atoms in total. The second kappa shape index (κ2) is 6.52. The highest BCUT2D eigenvalue weighted by molar-refractivity contribution is 7.13. The first kappa shape index (κ1) is 14.5. The molecule has 20 heavy (non-hydrogen) atoms. The van der Waals surface area contributed by atoms with Gasteiger partial charge in [-0.2, -0.15) is 0 Å². The number of thiazole rings is 1. The lowest BCUT2D eigenvalue weighted by molar-refractivity contribution is 0.0939. The molecule has 2 aromatic rings. The number of nitrogens with one attached hydrogen (secondary N) is 1. The molecule has 0 unspecified atom stereocenters. The van der Waals surface area contributed by atoms with Crippen molar-refractivity contribution >= 4 is 17.2 Å². The van der Waals surface area contributed by atoms with Gasteiger partial charge < -0.3 is 10.1 Å². The van der Waals surface area contributed by atoms with Crippen LogP contribution in [0.4, 0.5) is 0 Å². The van der Waals surface area contributed by atoms with E-state index < -0.39 is 0 Å². The van der Waals surface area contributed by atoms with Crippen molar-refractivity contribution < 1.29 is 9.53 Å². The van der Waals surface area contributed by atoms with E-state index in [1.165, 1.54) is 11.3 Å². The fraction of sp³-hybridized carbons (Fsp3) is 0.333. The third kappa shape index (κ3) is 3.57. The largest absolute Gasteiger partial charge is 0.494 e. The van der Waals surface area contributed by atoms with E-state index in [-0.39, 0.29) is 11.9 Å². The molecule has 1 aromatic heterocycles. The minimum absolute atomic E-state index is 0.105. The molecule has 0 bridgehead atoms. The first-order valence-electron chi connectivity index (χ1n) is 6.59. The van der Waals surface area contributed by atoms with Gasteiger partial charge in [0.05, 0.1) is 6.61 Å². The van der Waals surface area contributed by atoms with Crippen LogP contribution in [0.1, 0.15) is 31.3 Å². The van der Waals surface area contributed by atoms with Crippen LogP contribution in [0.15, 0.2) is 29.6 Å². The Morgan fingerprint density at radius 3 is 2.95 bits per heavy atom. The fourth-order valence-corrected chi connectivity index (χ4v) is 2.53. The molecule has 5 heteroatoms. The molecule has 0 aliphatic rings. The van der Waals surface area contributed by atoms with Crippen LogP contribution < -0.4 is 10.1 Å². The van der Waals surface area contributed by atoms with E-state index in [0.29, 0.717) is 12.3 Å². The lowest BCUT2D eigenvalue weighted by Crippen LogP contribution is -2.30. The Labute approximate surface area is 122 Å². The van der Waals surface area contributed by atoms with E-state index in [1.54, 1.807) is 5.38 Å². The predicted molar refractivity (Wildman–Crippen MR) is 81.3 cm³/mol. The Kier molecular flexibility index (Phi) is 4.74. The molecular formula is C15H18N2O2S. The Morgan fingerprint density at radius 1 is 1.45 bits per heavy atom. The van der Waals surface area contributed by atoms with Gasteiger partial charge in [-0.1, -0.05) is 12.1 Å². The van der Waals surface area contributed by atoms with Crippen LogP contribution in [0, 0.1) is 0 Å². The molecule has 0 fully saturated rings. The first-order chi connectivity index (χ1) is 9.60. The summed E-state index contributed by atoms with van der Waals surface area (Å²) in [5, 5.41) is 5.43. The summed E-state index contributed by atoms with van der Waals surface area (Å²) in [6, 6.07) is 7.84. The number of rotatable bonds is 5. The fourth-order valence-electron chi connectivity index (χ4n) is 1.73. The van der Waals surface area contributed by atoms with E-state index in [1.807, 2.05) is 45.0 Å². The van der Waals surface area contributed by atoms with Gasteiger partial charge in [-0.05, 0) is 32.9 Å². The summed E-state index contributed by atoms with van der Waals surface area (Å²) in [5.41, 5.74) is 1.42. The highest BCUT2D eigenvalue weighted by atomic mass is 32.1. The summed E-state index contributed by atoms with van der Waals surface area (Å²) in [7, 11) is 0. The zero-order valence-corrected chi connectivity index (χ0v) is 12.7. The summed E-state index contributed by atoms with van der Waals surface area (Å²) in [6.45, 7) is 6.43. The van der Waals surface area contributed by atoms with Crippen LogP contribution in [-0.2, 0) is 0 Å². The highest BCUT2D eigenvalue weighted by Gasteiger charge is 2.12. The van der Waals surface area contributed by atoms with Crippen molar-refractivity contribution in [3.8, 4) is 16.3 Å². The van der Waals surface area contributed by atoms with E-state index >= 15 is 0 Å². The molecule has 1 amide bonds. The van der Waals surface area contributed by atoms with Crippen molar-refractivity contribution in [2.24, 2.45) is 0 Å². The minimum Gasteiger partial charge on any atom is -0.494 e. The topological polar surface area (TPSA) is 51.2 Å². The van der Waals surface area contributed by atoms with Gasteiger partial charge in [-0.3, -0.25) is 4.79 Å². The standard InChI is InChI=1S/C15H18N2O2S/c1-4-19-12-7-5-6-11(8-12)15-17-13(9-20-15)14(18)16-10(2)3/h5-10H,4H2,1-3H3,(H,16,18). The molecule has 1 heterocycles. The van der Waals surface area contributed by atoms with Gasteiger partial charge in [-0.15, -0.1) is 11.3 Å². The summed E-state index contributed by atoms with van der Waals surface area (Å²) in [4.78, 5) is 16.3. The first-order valence-corrected chi connectivity index (χ1v) is 7.47. The van der Waals surface area contributed by atoms with Crippen LogP contribution in [0.2, 0.25) is 0 Å². The van der Waals surface area contributed by atoms with Crippen LogP contribution in [0.25, 0.3) is 10.6 Å². The molecule has 0 atom stereocenters. The van der Waals surface area contributed by atoms with Crippen molar-refractivity contribution in [3.05, 3.63) is 35.3 Å². The van der Waals surface area contributed by atoms with Gasteiger partial charge in [0, 0.05) is 17.0 Å². The van der Waals surface area contributed by atoms with Gasteiger partial charge in [0.1, 0.15) is 16.5 Å². The van der Waals surface area contributed by atoms with Gasteiger partial charge in [0.2, 0.25) is 0 Å². The monoisotopic (exact) mass is 290 g/mol. The molecule has 0 saturated carbocycles. The number of hydrogen-bond acceptors (Lipinski definition) is 4. The van der Waals surface area contributed by atoms with Crippen LogP contribution in [-0.4, -0.2) is 23.5 Å². The average molecular weight is 290 g/mol. The number of nitrogens with zero attached hydrogens (tertiary/aromatic N) is 1. The van der Waals surface area contributed by atoms with E-state index in [4.69, 9.17) is 4.74 Å². The van der Waals surface area contributed by atoms with Crippen molar-refractivity contribution in [3.63, 3.8) is 0 Å². The molecule has 106 valence electrons. The van der Waals surface area contributed by atoms with Crippen molar-refractivity contribution in [2.45, 2.75) is 26.8 Å². The highest BCUT2D eigenvalue weighted by Crippen LogP contribution is 2.27. The van der Waals surface area contributed by atoms with Gasteiger partial charge >= 0.3 is 0 Å². The smallest absolute Gasteiger partial charge is 0.270 e. The van der Waals surface area contributed by atoms with Crippen LogP contribution in [0.5, 0.6) is 5.75 Å². The quantitative estimate of drug-likeness (QED) is 0.918. The summed E-state index contributed by atoms with van der Waals surface area (Å²) in [6.07, 6.45) is 0. The van der Waals surface area contributed by atoms with E-state index in [2.05, 4.69) is 10.3 Å². The Morgan fingerprint density at radius 2 is 2.25 bits per heavy atom. The van der Waals surface area contributed by atoms with Gasteiger partial charge in [-0.25, -0.2) is 4.98 Å². The van der Waals surface area contributed by atoms with Crippen LogP contribution in [0.3, 0.4) is 0 Å². The molecule has 0 aliphatic heterocycles. The normalized spacial score (nSPS) is 10.6. The van der Waals surface area contributed by atoms with Gasteiger partial charge in [0.15, 0.2) is 0 Å². The maximum atomic E-state index is 11.9. The molecule has 0 saturated heterocycles. The minimum atomic E-state index is -0.136. The second-order valence-electron chi connectivity index (χ2n) is 4.63. The van der Waals surface area contributed by atoms with Crippen molar-refractivity contribution in [1.82, 2.24) is 10.3 Å². The number of amides is 1. The molecule has 2 rings (SSSR count). The molecule has 0 aliphatic carbocycles. The maximum Gasteiger partial charge on any atom is 0.270 e. The maximum absolute atomic E-state index is 11.9. The summed E-state index contributed by atoms with van der Waals surface area (Å²) in [5.74, 6) is 0.678.